The molecule has 1 saturated heterocycles. The average molecular weight is 390 g/mol. The van der Waals surface area contributed by atoms with Crippen LogP contribution in [-0.2, 0) is 11.3 Å². The molecule has 0 bridgehead atoms. The standard InChI is InChI=1S/C22H26N6O/c1-22(2,3)14-27-13-19(23-15-27)16-6-8-18(9-7-16)25-21(29)17-11-28(12-17)20-5-4-10-24-26-20/h4-10,13,15,17H,11-12,14H2,1-3H3,(H,25,29). The van der Waals surface area contributed by atoms with Gasteiger partial charge in [-0.3, -0.25) is 4.79 Å². The monoisotopic (exact) mass is 390 g/mol. The lowest BCUT2D eigenvalue weighted by Crippen LogP contribution is -2.52. The molecule has 0 spiro atoms. The number of amides is 1. The predicted molar refractivity (Wildman–Crippen MR) is 113 cm³/mol. The number of rotatable bonds is 5. The average Bonchev–Trinajstić information content (AvgIpc) is 3.08. The summed E-state index contributed by atoms with van der Waals surface area (Å²) in [6.07, 6.45) is 5.58. The Kier molecular flexibility index (Phi) is 5.05. The van der Waals surface area contributed by atoms with Crippen LogP contribution in [0.15, 0.2) is 55.1 Å². The van der Waals surface area contributed by atoms with E-state index >= 15 is 0 Å². The van der Waals surface area contributed by atoms with E-state index in [4.69, 9.17) is 0 Å². The summed E-state index contributed by atoms with van der Waals surface area (Å²) in [7, 11) is 0. The normalized spacial score (nSPS) is 14.5. The molecule has 0 aliphatic carbocycles. The van der Waals surface area contributed by atoms with Crippen LogP contribution < -0.4 is 10.2 Å². The molecule has 1 N–H and O–H groups in total. The number of anilines is 2. The van der Waals surface area contributed by atoms with Crippen molar-refractivity contribution in [1.29, 1.82) is 0 Å². The zero-order valence-electron chi connectivity index (χ0n) is 17.0. The molecule has 3 aromatic rings. The van der Waals surface area contributed by atoms with Crippen molar-refractivity contribution in [3.05, 3.63) is 55.1 Å². The first-order valence-electron chi connectivity index (χ1n) is 9.83. The van der Waals surface area contributed by atoms with E-state index in [1.807, 2.05) is 47.6 Å². The first-order chi connectivity index (χ1) is 13.9. The van der Waals surface area contributed by atoms with E-state index in [-0.39, 0.29) is 17.2 Å². The third-order valence-corrected chi connectivity index (χ3v) is 4.87. The second-order valence-corrected chi connectivity index (χ2v) is 8.74. The SMILES string of the molecule is CC(C)(C)Cn1cnc(-c2ccc(NC(=O)C3CN(c4cccnn4)C3)cc2)c1. The number of nitrogens with one attached hydrogen (secondary N) is 1. The van der Waals surface area contributed by atoms with Crippen LogP contribution in [0.5, 0.6) is 0 Å². The molecule has 1 aromatic carbocycles. The number of imidazole rings is 1. The summed E-state index contributed by atoms with van der Waals surface area (Å²) in [5.41, 5.74) is 2.97. The minimum absolute atomic E-state index is 0.0346. The molecule has 0 radical (unpaired) electrons. The van der Waals surface area contributed by atoms with Gasteiger partial charge in [0.1, 0.15) is 0 Å². The number of carbonyl (C=O) groups is 1. The van der Waals surface area contributed by atoms with Crippen LogP contribution in [0, 0.1) is 11.3 Å². The highest BCUT2D eigenvalue weighted by atomic mass is 16.2. The van der Waals surface area contributed by atoms with Crippen molar-refractivity contribution >= 4 is 17.4 Å². The molecule has 7 heteroatoms. The molecule has 150 valence electrons. The van der Waals surface area contributed by atoms with Crippen LogP contribution in [0.4, 0.5) is 11.5 Å². The zero-order valence-corrected chi connectivity index (χ0v) is 17.0. The molecule has 7 nitrogen and oxygen atoms in total. The van der Waals surface area contributed by atoms with Crippen molar-refractivity contribution in [1.82, 2.24) is 19.7 Å². The molecule has 0 unspecified atom stereocenters. The molecular formula is C22H26N6O. The van der Waals surface area contributed by atoms with Crippen LogP contribution in [0.2, 0.25) is 0 Å². The maximum atomic E-state index is 12.5. The van der Waals surface area contributed by atoms with E-state index in [1.165, 1.54) is 0 Å². The van der Waals surface area contributed by atoms with Crippen molar-refractivity contribution < 1.29 is 4.79 Å². The summed E-state index contributed by atoms with van der Waals surface area (Å²) in [6, 6.07) is 11.6. The topological polar surface area (TPSA) is 75.9 Å². The van der Waals surface area contributed by atoms with E-state index in [2.05, 4.69) is 52.0 Å². The van der Waals surface area contributed by atoms with Crippen molar-refractivity contribution in [2.45, 2.75) is 27.3 Å². The second kappa shape index (κ2) is 7.66. The summed E-state index contributed by atoms with van der Waals surface area (Å²) in [6.45, 7) is 8.86. The predicted octanol–water partition coefficient (Wildman–Crippen LogP) is 3.46. The van der Waals surface area contributed by atoms with Crippen molar-refractivity contribution in [3.8, 4) is 11.3 Å². The lowest BCUT2D eigenvalue weighted by Gasteiger charge is -2.38. The summed E-state index contributed by atoms with van der Waals surface area (Å²) < 4.78 is 2.12. The van der Waals surface area contributed by atoms with Crippen LogP contribution in [0.1, 0.15) is 20.8 Å². The molecule has 2 aromatic heterocycles. The van der Waals surface area contributed by atoms with Gasteiger partial charge in [-0.05, 0) is 29.7 Å². The molecule has 1 aliphatic rings. The Labute approximate surface area is 170 Å². The lowest BCUT2D eigenvalue weighted by molar-refractivity contribution is -0.120. The summed E-state index contributed by atoms with van der Waals surface area (Å²) in [5.74, 6) is 0.809. The van der Waals surface area contributed by atoms with Gasteiger partial charge in [0.25, 0.3) is 0 Å². The molecule has 1 fully saturated rings. The third-order valence-electron chi connectivity index (χ3n) is 4.87. The Bertz CT molecular complexity index is 969. The Balaban J connectivity index is 1.32. The molecule has 1 aliphatic heterocycles. The Hall–Kier alpha value is -3.22. The van der Waals surface area contributed by atoms with Gasteiger partial charge in [-0.25, -0.2) is 4.98 Å². The molecule has 1 amide bonds. The molecular weight excluding hydrogens is 364 g/mol. The molecule has 0 atom stereocenters. The van der Waals surface area contributed by atoms with Gasteiger partial charge in [0.2, 0.25) is 5.91 Å². The maximum Gasteiger partial charge on any atom is 0.231 e. The highest BCUT2D eigenvalue weighted by molar-refractivity contribution is 5.94. The zero-order chi connectivity index (χ0) is 20.4. The van der Waals surface area contributed by atoms with Crippen LogP contribution in [0.3, 0.4) is 0 Å². The highest BCUT2D eigenvalue weighted by Gasteiger charge is 2.33. The minimum Gasteiger partial charge on any atom is -0.353 e. The molecule has 0 saturated carbocycles. The fourth-order valence-electron chi connectivity index (χ4n) is 3.41. The first-order valence-corrected chi connectivity index (χ1v) is 9.83. The molecule has 3 heterocycles. The van der Waals surface area contributed by atoms with Crippen molar-refractivity contribution in [2.24, 2.45) is 11.3 Å². The van der Waals surface area contributed by atoms with Crippen LogP contribution >= 0.6 is 0 Å². The van der Waals surface area contributed by atoms with Crippen molar-refractivity contribution in [3.63, 3.8) is 0 Å². The van der Waals surface area contributed by atoms with Gasteiger partial charge in [-0.2, -0.15) is 5.10 Å². The van der Waals surface area contributed by atoms with E-state index in [1.54, 1.807) is 6.20 Å². The summed E-state index contributed by atoms with van der Waals surface area (Å²) in [5, 5.41) is 11.0. The number of hydrogen-bond donors (Lipinski definition) is 1. The highest BCUT2D eigenvalue weighted by Crippen LogP contribution is 2.25. The third kappa shape index (κ3) is 4.62. The van der Waals surface area contributed by atoms with Crippen molar-refractivity contribution in [2.75, 3.05) is 23.3 Å². The van der Waals surface area contributed by atoms with Gasteiger partial charge in [0, 0.05) is 43.3 Å². The summed E-state index contributed by atoms with van der Waals surface area (Å²) >= 11 is 0. The fraction of sp³-hybridized carbons (Fsp3) is 0.364. The van der Waals surface area contributed by atoms with E-state index < -0.39 is 0 Å². The smallest absolute Gasteiger partial charge is 0.231 e. The molecule has 29 heavy (non-hydrogen) atoms. The van der Waals surface area contributed by atoms with Gasteiger partial charge < -0.3 is 14.8 Å². The van der Waals surface area contributed by atoms with Gasteiger partial charge in [0.05, 0.1) is 17.9 Å². The number of hydrogen-bond acceptors (Lipinski definition) is 5. The largest absolute Gasteiger partial charge is 0.353 e. The van der Waals surface area contributed by atoms with Gasteiger partial charge in [-0.1, -0.05) is 32.9 Å². The van der Waals surface area contributed by atoms with Crippen LogP contribution in [0.25, 0.3) is 11.3 Å². The minimum atomic E-state index is -0.0372. The van der Waals surface area contributed by atoms with Gasteiger partial charge in [0.15, 0.2) is 5.82 Å². The lowest BCUT2D eigenvalue weighted by atomic mass is 9.97. The number of nitrogens with zero attached hydrogens (tertiary/aromatic N) is 5. The Morgan fingerprint density at radius 3 is 2.59 bits per heavy atom. The quantitative estimate of drug-likeness (QED) is 0.722. The van der Waals surface area contributed by atoms with Gasteiger partial charge in [-0.15, -0.1) is 5.10 Å². The Morgan fingerprint density at radius 1 is 1.17 bits per heavy atom. The number of aromatic nitrogens is 4. The number of benzene rings is 1. The van der Waals surface area contributed by atoms with E-state index in [9.17, 15) is 4.79 Å². The second-order valence-electron chi connectivity index (χ2n) is 8.74. The van der Waals surface area contributed by atoms with Crippen LogP contribution in [-0.4, -0.2) is 38.7 Å². The first kappa shape index (κ1) is 19.1. The Morgan fingerprint density at radius 2 is 1.93 bits per heavy atom. The van der Waals surface area contributed by atoms with Gasteiger partial charge >= 0.3 is 0 Å². The van der Waals surface area contributed by atoms with E-state index in [0.717, 1.165) is 29.3 Å². The number of carbonyl (C=O) groups excluding carboxylic acids is 1. The van der Waals surface area contributed by atoms with E-state index in [0.29, 0.717) is 13.1 Å². The fourth-order valence-corrected chi connectivity index (χ4v) is 3.41. The molecule has 4 rings (SSSR count). The maximum absolute atomic E-state index is 12.5. The summed E-state index contributed by atoms with van der Waals surface area (Å²) in [4.78, 5) is 19.0.